The molecule has 0 aliphatic carbocycles. The summed E-state index contributed by atoms with van der Waals surface area (Å²) in [7, 11) is 2.03. The predicted molar refractivity (Wildman–Crippen MR) is 122 cm³/mol. The SMILES string of the molecule is CC.CCCC.Cc1nc2ccccc2n1C.Cc1nc2ccccc2s1. The van der Waals surface area contributed by atoms with Gasteiger partial charge in [0.05, 0.1) is 26.3 Å². The van der Waals surface area contributed by atoms with Gasteiger partial charge in [0.2, 0.25) is 0 Å². The van der Waals surface area contributed by atoms with Crippen molar-refractivity contribution in [1.82, 2.24) is 14.5 Å². The Kier molecular flexibility index (Phi) is 10.3. The second kappa shape index (κ2) is 12.2. The molecular weight excluding hydrogens is 350 g/mol. The Morgan fingerprint density at radius 3 is 1.93 bits per heavy atom. The van der Waals surface area contributed by atoms with Crippen LogP contribution in [-0.2, 0) is 7.05 Å². The van der Waals surface area contributed by atoms with Crippen LogP contribution < -0.4 is 0 Å². The number of benzene rings is 2. The van der Waals surface area contributed by atoms with Crippen LogP contribution in [0.5, 0.6) is 0 Å². The molecule has 3 nitrogen and oxygen atoms in total. The maximum atomic E-state index is 4.38. The maximum absolute atomic E-state index is 4.38. The molecule has 4 rings (SSSR count). The first-order valence-corrected chi connectivity index (χ1v) is 10.6. The summed E-state index contributed by atoms with van der Waals surface area (Å²) in [5.41, 5.74) is 3.39. The number of fused-ring (bicyclic) bond motifs is 2. The van der Waals surface area contributed by atoms with E-state index in [1.165, 1.54) is 23.1 Å². The topological polar surface area (TPSA) is 30.7 Å². The van der Waals surface area contributed by atoms with Gasteiger partial charge < -0.3 is 4.57 Å². The number of thiazole rings is 1. The van der Waals surface area contributed by atoms with Gasteiger partial charge in [0.1, 0.15) is 5.82 Å². The monoisotopic (exact) mass is 383 g/mol. The van der Waals surface area contributed by atoms with E-state index in [-0.39, 0.29) is 0 Å². The number of unbranched alkanes of at least 4 members (excludes halogenated alkanes) is 1. The minimum Gasteiger partial charge on any atom is -0.331 e. The molecule has 0 aliphatic heterocycles. The molecule has 0 aliphatic rings. The molecule has 146 valence electrons. The van der Waals surface area contributed by atoms with Crippen molar-refractivity contribution >= 4 is 32.6 Å². The van der Waals surface area contributed by atoms with E-state index >= 15 is 0 Å². The number of nitrogens with zero attached hydrogens (tertiary/aromatic N) is 3. The molecule has 27 heavy (non-hydrogen) atoms. The molecule has 0 radical (unpaired) electrons. The molecule has 0 bridgehead atoms. The zero-order valence-corrected chi connectivity index (χ0v) is 18.6. The molecule has 0 saturated heterocycles. The zero-order valence-electron chi connectivity index (χ0n) is 17.8. The molecule has 2 aromatic carbocycles. The van der Waals surface area contributed by atoms with Crippen LogP contribution >= 0.6 is 11.3 Å². The van der Waals surface area contributed by atoms with Crippen molar-refractivity contribution < 1.29 is 0 Å². The summed E-state index contributed by atoms with van der Waals surface area (Å²) >= 11 is 1.74. The smallest absolute Gasteiger partial charge is 0.106 e. The fourth-order valence-corrected chi connectivity index (χ4v) is 3.08. The quantitative estimate of drug-likeness (QED) is 0.345. The van der Waals surface area contributed by atoms with E-state index in [1.54, 1.807) is 11.3 Å². The summed E-state index contributed by atoms with van der Waals surface area (Å²) in [6, 6.07) is 16.3. The van der Waals surface area contributed by atoms with E-state index < -0.39 is 0 Å². The lowest BCUT2D eigenvalue weighted by Crippen LogP contribution is -1.89. The van der Waals surface area contributed by atoms with Gasteiger partial charge in [-0.15, -0.1) is 11.3 Å². The number of imidazole rings is 1. The van der Waals surface area contributed by atoms with Gasteiger partial charge in [0, 0.05) is 7.05 Å². The van der Waals surface area contributed by atoms with Gasteiger partial charge in [-0.25, -0.2) is 9.97 Å². The maximum Gasteiger partial charge on any atom is 0.106 e. The number of para-hydroxylation sites is 3. The first-order valence-electron chi connectivity index (χ1n) is 9.77. The Balaban J connectivity index is 0.000000212. The fourth-order valence-electron chi connectivity index (χ4n) is 2.25. The Labute approximate surface area is 168 Å². The number of aromatic nitrogens is 3. The highest BCUT2D eigenvalue weighted by Crippen LogP contribution is 2.19. The minimum absolute atomic E-state index is 1.06. The molecule has 0 amide bonds. The Hall–Kier alpha value is -2.20. The minimum atomic E-state index is 1.06. The van der Waals surface area contributed by atoms with E-state index in [0.29, 0.717) is 0 Å². The van der Waals surface area contributed by atoms with Crippen LogP contribution in [-0.4, -0.2) is 14.5 Å². The predicted octanol–water partition coefficient (Wildman–Crippen LogP) is 7.32. The number of rotatable bonds is 1. The Morgan fingerprint density at radius 2 is 1.37 bits per heavy atom. The summed E-state index contributed by atoms with van der Waals surface area (Å²) < 4.78 is 3.37. The normalized spacial score (nSPS) is 9.59. The molecule has 2 aromatic heterocycles. The van der Waals surface area contributed by atoms with E-state index in [9.17, 15) is 0 Å². The molecule has 0 fully saturated rings. The molecule has 2 heterocycles. The van der Waals surface area contributed by atoms with Crippen LogP contribution in [0.25, 0.3) is 21.3 Å². The third kappa shape index (κ3) is 6.79. The first-order chi connectivity index (χ1) is 13.1. The van der Waals surface area contributed by atoms with Gasteiger partial charge >= 0.3 is 0 Å². The lowest BCUT2D eigenvalue weighted by molar-refractivity contribution is 0.886. The van der Waals surface area contributed by atoms with Crippen LogP contribution in [0.2, 0.25) is 0 Å². The molecule has 4 aromatic rings. The van der Waals surface area contributed by atoms with Gasteiger partial charge in [-0.3, -0.25) is 0 Å². The first kappa shape index (κ1) is 22.8. The van der Waals surface area contributed by atoms with Crippen molar-refractivity contribution in [2.75, 3.05) is 0 Å². The highest BCUT2D eigenvalue weighted by molar-refractivity contribution is 7.18. The van der Waals surface area contributed by atoms with E-state index in [2.05, 4.69) is 40.5 Å². The van der Waals surface area contributed by atoms with Crippen molar-refractivity contribution in [3.8, 4) is 0 Å². The summed E-state index contributed by atoms with van der Waals surface area (Å²) in [4.78, 5) is 8.71. The largest absolute Gasteiger partial charge is 0.331 e. The third-order valence-electron chi connectivity index (χ3n) is 3.91. The lowest BCUT2D eigenvalue weighted by Gasteiger charge is -1.93. The molecule has 0 spiro atoms. The molecule has 0 unspecified atom stereocenters. The third-order valence-corrected chi connectivity index (χ3v) is 4.86. The van der Waals surface area contributed by atoms with Crippen LogP contribution in [0.1, 0.15) is 51.4 Å². The van der Waals surface area contributed by atoms with Crippen molar-refractivity contribution in [2.45, 2.75) is 54.4 Å². The van der Waals surface area contributed by atoms with Gasteiger partial charge in [-0.05, 0) is 38.1 Å². The molecule has 0 N–H and O–H groups in total. The average Bonchev–Trinajstić information content (AvgIpc) is 3.23. The van der Waals surface area contributed by atoms with E-state index in [0.717, 1.165) is 21.9 Å². The summed E-state index contributed by atoms with van der Waals surface area (Å²) in [5.74, 6) is 1.06. The Morgan fingerprint density at radius 1 is 0.815 bits per heavy atom. The molecular formula is C23H33N3S. The summed E-state index contributed by atoms with van der Waals surface area (Å²) in [5, 5.41) is 1.14. The van der Waals surface area contributed by atoms with Crippen molar-refractivity contribution in [3.05, 3.63) is 59.4 Å². The van der Waals surface area contributed by atoms with Crippen LogP contribution in [0.3, 0.4) is 0 Å². The van der Waals surface area contributed by atoms with Crippen molar-refractivity contribution in [3.63, 3.8) is 0 Å². The summed E-state index contributed by atoms with van der Waals surface area (Å²) in [6.45, 7) is 12.4. The second-order valence-corrected chi connectivity index (χ2v) is 7.14. The second-order valence-electron chi connectivity index (χ2n) is 5.91. The van der Waals surface area contributed by atoms with Crippen molar-refractivity contribution in [1.29, 1.82) is 0 Å². The van der Waals surface area contributed by atoms with Gasteiger partial charge in [0.25, 0.3) is 0 Å². The van der Waals surface area contributed by atoms with Gasteiger partial charge in [0.15, 0.2) is 0 Å². The molecule has 0 atom stereocenters. The van der Waals surface area contributed by atoms with Crippen LogP contribution in [0.4, 0.5) is 0 Å². The highest BCUT2D eigenvalue weighted by Gasteiger charge is 2.00. The fraction of sp³-hybridized carbons (Fsp3) is 0.391. The standard InChI is InChI=1S/C9H10N2.C8H7NS.C4H10.C2H6/c1-7-10-8-5-3-4-6-9(8)11(7)2;1-6-9-7-4-2-3-5-8(7)10-6;1-3-4-2;1-2/h3-6H,1-2H3;2-5H,1H3;3-4H2,1-2H3;1-2H3. The lowest BCUT2D eigenvalue weighted by atomic mass is 10.3. The molecule has 4 heteroatoms. The van der Waals surface area contributed by atoms with Crippen LogP contribution in [0.15, 0.2) is 48.5 Å². The molecule has 0 saturated carbocycles. The van der Waals surface area contributed by atoms with Crippen molar-refractivity contribution in [2.24, 2.45) is 7.05 Å². The van der Waals surface area contributed by atoms with E-state index in [4.69, 9.17) is 0 Å². The summed E-state index contributed by atoms with van der Waals surface area (Å²) in [6.07, 6.45) is 2.64. The number of aryl methyl sites for hydroxylation is 3. The van der Waals surface area contributed by atoms with Crippen LogP contribution in [0, 0.1) is 13.8 Å². The van der Waals surface area contributed by atoms with Gasteiger partial charge in [-0.1, -0.05) is 64.8 Å². The van der Waals surface area contributed by atoms with Gasteiger partial charge in [-0.2, -0.15) is 0 Å². The van der Waals surface area contributed by atoms with E-state index in [1.807, 2.05) is 71.1 Å². The highest BCUT2D eigenvalue weighted by atomic mass is 32.1. The zero-order chi connectivity index (χ0) is 20.2. The number of hydrogen-bond donors (Lipinski definition) is 0. The Bertz CT molecular complexity index is 887. The number of hydrogen-bond acceptors (Lipinski definition) is 3. The average molecular weight is 384 g/mol.